The lowest BCUT2D eigenvalue weighted by Crippen LogP contribution is -2.56. The molecular formula is C13H24N2O2. The van der Waals surface area contributed by atoms with E-state index in [1.807, 2.05) is 0 Å². The second-order valence-corrected chi connectivity index (χ2v) is 5.17. The van der Waals surface area contributed by atoms with Gasteiger partial charge in [0, 0.05) is 31.7 Å². The van der Waals surface area contributed by atoms with Crippen LogP contribution >= 0.6 is 0 Å². The van der Waals surface area contributed by atoms with Gasteiger partial charge in [-0.1, -0.05) is 19.3 Å². The molecule has 0 bridgehead atoms. The van der Waals surface area contributed by atoms with Crippen molar-refractivity contribution in [3.05, 3.63) is 0 Å². The summed E-state index contributed by atoms with van der Waals surface area (Å²) in [6.07, 6.45) is 7.21. The molecule has 4 nitrogen and oxygen atoms in total. The van der Waals surface area contributed by atoms with Crippen molar-refractivity contribution < 1.29 is 9.53 Å². The van der Waals surface area contributed by atoms with Crippen LogP contribution in [0.1, 0.15) is 38.5 Å². The molecule has 2 rings (SSSR count). The van der Waals surface area contributed by atoms with E-state index < -0.39 is 0 Å². The van der Waals surface area contributed by atoms with Crippen molar-refractivity contribution in [2.24, 2.45) is 0 Å². The summed E-state index contributed by atoms with van der Waals surface area (Å²) in [6, 6.07) is 1.03. The molecule has 1 N–H and O–H groups in total. The SMILES string of the molecule is COC(=O)CC1CNCCN1C1CCCCC1. The van der Waals surface area contributed by atoms with Gasteiger partial charge >= 0.3 is 5.97 Å². The molecule has 2 aliphatic rings. The Morgan fingerprint density at radius 1 is 1.35 bits per heavy atom. The van der Waals surface area contributed by atoms with E-state index in [4.69, 9.17) is 4.74 Å². The summed E-state index contributed by atoms with van der Waals surface area (Å²) in [5, 5.41) is 3.38. The fourth-order valence-electron chi connectivity index (χ4n) is 3.14. The summed E-state index contributed by atoms with van der Waals surface area (Å²) in [7, 11) is 1.48. The molecule has 1 unspecified atom stereocenters. The van der Waals surface area contributed by atoms with Crippen LogP contribution in [-0.4, -0.2) is 49.7 Å². The number of hydrogen-bond donors (Lipinski definition) is 1. The van der Waals surface area contributed by atoms with E-state index in [1.54, 1.807) is 0 Å². The number of nitrogens with zero attached hydrogens (tertiary/aromatic N) is 1. The van der Waals surface area contributed by atoms with Gasteiger partial charge in [-0.05, 0) is 12.8 Å². The zero-order valence-corrected chi connectivity index (χ0v) is 10.8. The van der Waals surface area contributed by atoms with E-state index in [0.29, 0.717) is 18.5 Å². The molecule has 0 amide bonds. The number of hydrogen-bond acceptors (Lipinski definition) is 4. The van der Waals surface area contributed by atoms with Crippen LogP contribution in [0.5, 0.6) is 0 Å². The van der Waals surface area contributed by atoms with E-state index >= 15 is 0 Å². The van der Waals surface area contributed by atoms with Crippen molar-refractivity contribution in [3.8, 4) is 0 Å². The maximum absolute atomic E-state index is 11.4. The van der Waals surface area contributed by atoms with Crippen LogP contribution in [0, 0.1) is 0 Å². The first-order valence-electron chi connectivity index (χ1n) is 6.84. The maximum Gasteiger partial charge on any atom is 0.307 e. The van der Waals surface area contributed by atoms with Crippen molar-refractivity contribution in [1.29, 1.82) is 0 Å². The van der Waals surface area contributed by atoms with Crippen LogP contribution in [0.3, 0.4) is 0 Å². The smallest absolute Gasteiger partial charge is 0.307 e. The van der Waals surface area contributed by atoms with Crippen LogP contribution < -0.4 is 5.32 Å². The number of ether oxygens (including phenoxy) is 1. The van der Waals surface area contributed by atoms with Gasteiger partial charge in [-0.25, -0.2) is 0 Å². The van der Waals surface area contributed by atoms with Gasteiger partial charge in [0.2, 0.25) is 0 Å². The highest BCUT2D eigenvalue weighted by Gasteiger charge is 2.31. The van der Waals surface area contributed by atoms with Gasteiger partial charge in [0.1, 0.15) is 0 Å². The third-order valence-electron chi connectivity index (χ3n) is 4.07. The molecule has 0 radical (unpaired) electrons. The Morgan fingerprint density at radius 2 is 2.12 bits per heavy atom. The molecule has 0 spiro atoms. The lowest BCUT2D eigenvalue weighted by Gasteiger charge is -2.42. The van der Waals surface area contributed by atoms with Crippen LogP contribution in [0.2, 0.25) is 0 Å². The molecule has 1 heterocycles. The van der Waals surface area contributed by atoms with Crippen LogP contribution in [0.25, 0.3) is 0 Å². The molecule has 1 atom stereocenters. The summed E-state index contributed by atoms with van der Waals surface area (Å²) in [4.78, 5) is 14.0. The maximum atomic E-state index is 11.4. The van der Waals surface area contributed by atoms with Gasteiger partial charge in [0.05, 0.1) is 13.5 Å². The second-order valence-electron chi connectivity index (χ2n) is 5.17. The van der Waals surface area contributed by atoms with Crippen LogP contribution in [-0.2, 0) is 9.53 Å². The molecule has 2 fully saturated rings. The van der Waals surface area contributed by atoms with Gasteiger partial charge in [0.15, 0.2) is 0 Å². The molecule has 0 aromatic rings. The summed E-state index contributed by atoms with van der Waals surface area (Å²) in [5.74, 6) is -0.0838. The molecular weight excluding hydrogens is 216 g/mol. The minimum absolute atomic E-state index is 0.0838. The lowest BCUT2D eigenvalue weighted by atomic mass is 9.92. The van der Waals surface area contributed by atoms with E-state index in [9.17, 15) is 4.79 Å². The monoisotopic (exact) mass is 240 g/mol. The van der Waals surface area contributed by atoms with Crippen molar-refractivity contribution in [2.75, 3.05) is 26.7 Å². The average Bonchev–Trinajstić information content (AvgIpc) is 2.40. The highest BCUT2D eigenvalue weighted by atomic mass is 16.5. The van der Waals surface area contributed by atoms with Gasteiger partial charge in [-0.15, -0.1) is 0 Å². The number of methoxy groups -OCH3 is 1. The molecule has 4 heteroatoms. The summed E-state index contributed by atoms with van der Waals surface area (Å²) in [5.41, 5.74) is 0. The Morgan fingerprint density at radius 3 is 2.82 bits per heavy atom. The van der Waals surface area contributed by atoms with Gasteiger partial charge in [-0.2, -0.15) is 0 Å². The number of nitrogens with one attached hydrogen (secondary N) is 1. The molecule has 0 aromatic carbocycles. The van der Waals surface area contributed by atoms with Crippen molar-refractivity contribution in [3.63, 3.8) is 0 Å². The van der Waals surface area contributed by atoms with Crippen LogP contribution in [0.4, 0.5) is 0 Å². The summed E-state index contributed by atoms with van der Waals surface area (Å²) < 4.78 is 4.80. The third kappa shape index (κ3) is 3.42. The van der Waals surface area contributed by atoms with Gasteiger partial charge in [0.25, 0.3) is 0 Å². The normalized spacial score (nSPS) is 27.9. The first kappa shape index (κ1) is 12.8. The fourth-order valence-corrected chi connectivity index (χ4v) is 3.14. The Balaban J connectivity index is 1.93. The minimum atomic E-state index is -0.0838. The lowest BCUT2D eigenvalue weighted by molar-refractivity contribution is -0.142. The quantitative estimate of drug-likeness (QED) is 0.752. The Labute approximate surface area is 104 Å². The van der Waals surface area contributed by atoms with E-state index in [-0.39, 0.29) is 5.97 Å². The van der Waals surface area contributed by atoms with E-state index in [1.165, 1.54) is 39.2 Å². The molecule has 98 valence electrons. The Bertz CT molecular complexity index is 252. The fraction of sp³-hybridized carbons (Fsp3) is 0.923. The molecule has 17 heavy (non-hydrogen) atoms. The topological polar surface area (TPSA) is 41.6 Å². The minimum Gasteiger partial charge on any atom is -0.469 e. The Kier molecular flexibility index (Phi) is 4.80. The number of piperazine rings is 1. The first-order valence-corrected chi connectivity index (χ1v) is 6.84. The first-order chi connectivity index (χ1) is 8.31. The molecule has 1 saturated carbocycles. The zero-order chi connectivity index (χ0) is 12.1. The van der Waals surface area contributed by atoms with Crippen molar-refractivity contribution >= 4 is 5.97 Å². The predicted octanol–water partition coefficient (Wildman–Crippen LogP) is 1.16. The summed E-state index contributed by atoms with van der Waals surface area (Å²) >= 11 is 0. The second kappa shape index (κ2) is 6.36. The number of carbonyl (C=O) groups is 1. The molecule has 1 aliphatic heterocycles. The van der Waals surface area contributed by atoms with Gasteiger partial charge < -0.3 is 10.1 Å². The predicted molar refractivity (Wildman–Crippen MR) is 66.9 cm³/mol. The standard InChI is InChI=1S/C13H24N2O2/c1-17-13(16)9-12-10-14-7-8-15(12)11-5-3-2-4-6-11/h11-12,14H,2-10H2,1H3. The number of rotatable bonds is 3. The molecule has 1 aliphatic carbocycles. The average molecular weight is 240 g/mol. The largest absolute Gasteiger partial charge is 0.469 e. The van der Waals surface area contributed by atoms with Gasteiger partial charge in [-0.3, -0.25) is 9.69 Å². The van der Waals surface area contributed by atoms with Crippen LogP contribution in [0.15, 0.2) is 0 Å². The summed E-state index contributed by atoms with van der Waals surface area (Å²) in [6.45, 7) is 3.05. The Hall–Kier alpha value is -0.610. The van der Waals surface area contributed by atoms with E-state index in [0.717, 1.165) is 19.6 Å². The zero-order valence-electron chi connectivity index (χ0n) is 10.8. The highest BCUT2D eigenvalue weighted by Crippen LogP contribution is 2.25. The molecule has 0 aromatic heterocycles. The van der Waals surface area contributed by atoms with E-state index in [2.05, 4.69) is 10.2 Å². The van der Waals surface area contributed by atoms with Crippen molar-refractivity contribution in [2.45, 2.75) is 50.6 Å². The number of esters is 1. The number of carbonyl (C=O) groups excluding carboxylic acids is 1. The molecule has 1 saturated heterocycles. The van der Waals surface area contributed by atoms with Crippen molar-refractivity contribution in [1.82, 2.24) is 10.2 Å². The highest BCUT2D eigenvalue weighted by molar-refractivity contribution is 5.70. The third-order valence-corrected chi connectivity index (χ3v) is 4.07.